The highest BCUT2D eigenvalue weighted by molar-refractivity contribution is 6.12. The summed E-state index contributed by atoms with van der Waals surface area (Å²) in [5.74, 6) is -0.748. The van der Waals surface area contributed by atoms with Crippen LogP contribution in [0, 0.1) is 6.92 Å². The van der Waals surface area contributed by atoms with Crippen LogP contribution in [-0.4, -0.2) is 46.3 Å². The first-order valence-corrected chi connectivity index (χ1v) is 11.9. The van der Waals surface area contributed by atoms with Crippen molar-refractivity contribution in [3.63, 3.8) is 0 Å². The maximum atomic E-state index is 13.8. The third-order valence-electron chi connectivity index (χ3n) is 6.11. The molecule has 9 heteroatoms. The van der Waals surface area contributed by atoms with Gasteiger partial charge in [0.1, 0.15) is 17.0 Å². The fraction of sp³-hybridized carbons (Fsp3) is 0.333. The van der Waals surface area contributed by atoms with E-state index in [-0.39, 0.29) is 30.4 Å². The van der Waals surface area contributed by atoms with Crippen molar-refractivity contribution in [2.45, 2.75) is 46.3 Å². The average molecular weight is 491 g/mol. The number of fused-ring (bicyclic) bond motifs is 1. The zero-order chi connectivity index (χ0) is 25.9. The Kier molecular flexibility index (Phi) is 7.10. The number of amides is 2. The highest BCUT2D eigenvalue weighted by atomic mass is 16.5. The molecule has 2 heterocycles. The second-order valence-electron chi connectivity index (χ2n) is 8.80. The fourth-order valence-electron chi connectivity index (χ4n) is 4.23. The SMILES string of the molecule is CCOC(=O)c1cc2n(n1)C[C@@](C)(C(=O)NCc1ccc(C)cc1)N(c1ccc(OCC)cc1)C2=O. The molecule has 0 saturated carbocycles. The second-order valence-corrected chi connectivity index (χ2v) is 8.80. The van der Waals surface area contributed by atoms with Crippen LogP contribution >= 0.6 is 0 Å². The van der Waals surface area contributed by atoms with E-state index in [2.05, 4.69) is 10.4 Å². The van der Waals surface area contributed by atoms with Crippen LogP contribution in [0.4, 0.5) is 5.69 Å². The summed E-state index contributed by atoms with van der Waals surface area (Å²) in [5.41, 5.74) is 1.50. The number of hydrogen-bond acceptors (Lipinski definition) is 6. The second kappa shape index (κ2) is 10.2. The van der Waals surface area contributed by atoms with Gasteiger partial charge in [-0.2, -0.15) is 5.10 Å². The number of aryl methyl sites for hydroxylation is 1. The van der Waals surface area contributed by atoms with Crippen molar-refractivity contribution >= 4 is 23.5 Å². The molecule has 36 heavy (non-hydrogen) atoms. The summed E-state index contributed by atoms with van der Waals surface area (Å²) >= 11 is 0. The van der Waals surface area contributed by atoms with Crippen molar-refractivity contribution in [3.05, 3.63) is 77.1 Å². The van der Waals surface area contributed by atoms with Crippen LogP contribution in [0.2, 0.25) is 0 Å². The van der Waals surface area contributed by atoms with E-state index in [1.165, 1.54) is 15.6 Å². The van der Waals surface area contributed by atoms with Gasteiger partial charge in [-0.1, -0.05) is 29.8 Å². The van der Waals surface area contributed by atoms with Crippen LogP contribution in [-0.2, 0) is 22.6 Å². The molecule has 0 aliphatic carbocycles. The molecule has 188 valence electrons. The minimum Gasteiger partial charge on any atom is -0.494 e. The van der Waals surface area contributed by atoms with Gasteiger partial charge in [-0.3, -0.25) is 19.2 Å². The first-order chi connectivity index (χ1) is 17.3. The number of benzene rings is 2. The summed E-state index contributed by atoms with van der Waals surface area (Å²) in [4.78, 5) is 41.1. The zero-order valence-electron chi connectivity index (χ0n) is 20.9. The van der Waals surface area contributed by atoms with Gasteiger partial charge in [-0.05, 0) is 57.5 Å². The highest BCUT2D eigenvalue weighted by Gasteiger charge is 2.49. The monoisotopic (exact) mass is 490 g/mol. The molecule has 1 aromatic heterocycles. The van der Waals surface area contributed by atoms with Crippen LogP contribution in [0.1, 0.15) is 52.9 Å². The predicted molar refractivity (Wildman–Crippen MR) is 134 cm³/mol. The molecule has 2 aromatic carbocycles. The van der Waals surface area contributed by atoms with E-state index in [4.69, 9.17) is 9.47 Å². The maximum absolute atomic E-state index is 13.8. The van der Waals surface area contributed by atoms with Gasteiger partial charge in [0.25, 0.3) is 5.91 Å². The summed E-state index contributed by atoms with van der Waals surface area (Å²) in [7, 11) is 0. The third-order valence-corrected chi connectivity index (χ3v) is 6.11. The number of carbonyl (C=O) groups excluding carboxylic acids is 3. The quantitative estimate of drug-likeness (QED) is 0.485. The molecule has 0 unspecified atom stereocenters. The standard InChI is InChI=1S/C27H30N4O5/c1-5-35-21-13-11-20(12-14-21)31-24(32)23-15-22(25(33)36-6-2)29-30(23)17-27(31,4)26(34)28-16-19-9-7-18(3)8-10-19/h7-15H,5-6,16-17H2,1-4H3,(H,28,34)/t27-/m0/s1. The number of hydrogen-bond donors (Lipinski definition) is 1. The summed E-state index contributed by atoms with van der Waals surface area (Å²) < 4.78 is 12.0. The number of nitrogens with one attached hydrogen (secondary N) is 1. The van der Waals surface area contributed by atoms with E-state index in [0.717, 1.165) is 11.1 Å². The maximum Gasteiger partial charge on any atom is 0.358 e. The van der Waals surface area contributed by atoms with E-state index in [1.807, 2.05) is 38.1 Å². The Labute approximate surface area is 210 Å². The van der Waals surface area contributed by atoms with Crippen LogP contribution in [0.15, 0.2) is 54.6 Å². The molecular formula is C27H30N4O5. The molecule has 4 rings (SSSR count). The predicted octanol–water partition coefficient (Wildman–Crippen LogP) is 3.50. The highest BCUT2D eigenvalue weighted by Crippen LogP contribution is 2.34. The molecule has 0 radical (unpaired) electrons. The van der Waals surface area contributed by atoms with Gasteiger partial charge in [-0.15, -0.1) is 0 Å². The molecule has 0 fully saturated rings. The largest absolute Gasteiger partial charge is 0.494 e. The normalized spacial score (nSPS) is 16.9. The number of rotatable bonds is 8. The Morgan fingerprint density at radius 3 is 2.39 bits per heavy atom. The van der Waals surface area contributed by atoms with E-state index in [9.17, 15) is 14.4 Å². The Morgan fingerprint density at radius 1 is 1.06 bits per heavy atom. The molecule has 0 saturated heterocycles. The van der Waals surface area contributed by atoms with Crippen molar-refractivity contribution in [1.82, 2.24) is 15.1 Å². The number of anilines is 1. The molecule has 0 spiro atoms. The molecular weight excluding hydrogens is 460 g/mol. The molecule has 1 aliphatic heterocycles. The van der Waals surface area contributed by atoms with Gasteiger partial charge in [0.15, 0.2) is 5.69 Å². The van der Waals surface area contributed by atoms with Crippen LogP contribution in [0.5, 0.6) is 5.75 Å². The topological polar surface area (TPSA) is 103 Å². The number of aromatic nitrogens is 2. The number of carbonyl (C=O) groups is 3. The van der Waals surface area contributed by atoms with Crippen LogP contribution < -0.4 is 15.0 Å². The summed E-state index contributed by atoms with van der Waals surface area (Å²) in [5, 5.41) is 7.26. The molecule has 2 amide bonds. The molecule has 9 nitrogen and oxygen atoms in total. The zero-order valence-corrected chi connectivity index (χ0v) is 20.9. The number of nitrogens with zero attached hydrogens (tertiary/aromatic N) is 3. The summed E-state index contributed by atoms with van der Waals surface area (Å²) in [6, 6.07) is 16.3. The molecule has 1 N–H and O–H groups in total. The van der Waals surface area contributed by atoms with Gasteiger partial charge in [0, 0.05) is 18.3 Å². The van der Waals surface area contributed by atoms with Gasteiger partial charge in [0.2, 0.25) is 5.91 Å². The van der Waals surface area contributed by atoms with Crippen molar-refractivity contribution in [1.29, 1.82) is 0 Å². The average Bonchev–Trinajstić information content (AvgIpc) is 3.29. The lowest BCUT2D eigenvalue weighted by Gasteiger charge is -2.43. The van der Waals surface area contributed by atoms with Crippen molar-refractivity contribution in [3.8, 4) is 5.75 Å². The Hall–Kier alpha value is -4.14. The third kappa shape index (κ3) is 4.82. The number of esters is 1. The van der Waals surface area contributed by atoms with Gasteiger partial charge < -0.3 is 14.8 Å². The minimum atomic E-state index is -1.32. The van der Waals surface area contributed by atoms with Gasteiger partial charge in [-0.25, -0.2) is 4.79 Å². The summed E-state index contributed by atoms with van der Waals surface area (Å²) in [6.07, 6.45) is 0. The Balaban J connectivity index is 1.70. The first kappa shape index (κ1) is 25.0. The van der Waals surface area contributed by atoms with Crippen molar-refractivity contribution in [2.24, 2.45) is 0 Å². The van der Waals surface area contributed by atoms with E-state index in [0.29, 0.717) is 24.6 Å². The Bertz CT molecular complexity index is 1270. The lowest BCUT2D eigenvalue weighted by Crippen LogP contribution is -2.64. The number of ether oxygens (including phenoxy) is 2. The van der Waals surface area contributed by atoms with Gasteiger partial charge >= 0.3 is 5.97 Å². The van der Waals surface area contributed by atoms with Crippen molar-refractivity contribution in [2.75, 3.05) is 18.1 Å². The molecule has 3 aromatic rings. The van der Waals surface area contributed by atoms with E-state index >= 15 is 0 Å². The van der Waals surface area contributed by atoms with E-state index < -0.39 is 17.4 Å². The van der Waals surface area contributed by atoms with Crippen LogP contribution in [0.25, 0.3) is 0 Å². The molecule has 1 aliphatic rings. The lowest BCUT2D eigenvalue weighted by molar-refractivity contribution is -0.126. The minimum absolute atomic E-state index is 0.0242. The van der Waals surface area contributed by atoms with Crippen LogP contribution in [0.3, 0.4) is 0 Å². The van der Waals surface area contributed by atoms with E-state index in [1.54, 1.807) is 38.1 Å². The molecule has 0 bridgehead atoms. The van der Waals surface area contributed by atoms with Gasteiger partial charge in [0.05, 0.1) is 19.8 Å². The fourth-order valence-corrected chi connectivity index (χ4v) is 4.23. The Morgan fingerprint density at radius 2 is 1.75 bits per heavy atom. The lowest BCUT2D eigenvalue weighted by atomic mass is 9.93. The van der Waals surface area contributed by atoms with Crippen molar-refractivity contribution < 1.29 is 23.9 Å². The summed E-state index contributed by atoms with van der Waals surface area (Å²) in [6.45, 7) is 8.34. The molecule has 1 atom stereocenters. The smallest absolute Gasteiger partial charge is 0.358 e. The first-order valence-electron chi connectivity index (χ1n) is 11.9.